The number of thiocarbonyl (C=S) groups is 1. The maximum Gasteiger partial charge on any atom is 0.173 e. The number of anilines is 2. The Hall–Kier alpha value is -1.72. The van der Waals surface area contributed by atoms with Gasteiger partial charge in [-0.1, -0.05) is 44.9 Å². The molecule has 5 heteroatoms. The summed E-state index contributed by atoms with van der Waals surface area (Å²) in [5, 5.41) is 4.44. The normalized spacial score (nSPS) is 20.3. The van der Waals surface area contributed by atoms with E-state index in [1.807, 2.05) is 0 Å². The van der Waals surface area contributed by atoms with E-state index in [1.54, 1.807) is 11.8 Å². The van der Waals surface area contributed by atoms with E-state index < -0.39 is 0 Å². The summed E-state index contributed by atoms with van der Waals surface area (Å²) >= 11 is 7.81. The van der Waals surface area contributed by atoms with Crippen molar-refractivity contribution in [2.45, 2.75) is 76.3 Å². The Bertz CT molecular complexity index is 944. The Morgan fingerprint density at radius 1 is 1.15 bits per heavy atom. The first kappa shape index (κ1) is 24.4. The summed E-state index contributed by atoms with van der Waals surface area (Å²) in [6, 6.07) is 16.2. The molecule has 4 rings (SSSR count). The highest BCUT2D eigenvalue weighted by Gasteiger charge is 2.29. The van der Waals surface area contributed by atoms with Gasteiger partial charge in [0.15, 0.2) is 5.11 Å². The molecular formula is C28H39N3S2. The molecular weight excluding hydrogens is 442 g/mol. The Balaban J connectivity index is 1.56. The first-order chi connectivity index (χ1) is 16.1. The lowest BCUT2D eigenvalue weighted by molar-refractivity contribution is 0.177. The Morgan fingerprint density at radius 3 is 2.79 bits per heavy atom. The summed E-state index contributed by atoms with van der Waals surface area (Å²) in [5.74, 6) is 0.661. The number of hydrogen-bond donors (Lipinski definition) is 1. The molecule has 2 aliphatic rings. The predicted octanol–water partition coefficient (Wildman–Crippen LogP) is 7.35. The molecule has 0 unspecified atom stereocenters. The number of benzene rings is 2. The van der Waals surface area contributed by atoms with Gasteiger partial charge in [0.05, 0.1) is 0 Å². The van der Waals surface area contributed by atoms with E-state index in [9.17, 15) is 0 Å². The van der Waals surface area contributed by atoms with Gasteiger partial charge in [0, 0.05) is 41.9 Å². The molecule has 0 radical (unpaired) electrons. The van der Waals surface area contributed by atoms with Crippen LogP contribution in [-0.2, 0) is 13.0 Å². The van der Waals surface area contributed by atoms with Crippen molar-refractivity contribution < 1.29 is 0 Å². The second-order valence-electron chi connectivity index (χ2n) is 9.67. The molecule has 2 aromatic rings. The number of fused-ring (bicyclic) bond motifs is 1. The van der Waals surface area contributed by atoms with Gasteiger partial charge in [0.2, 0.25) is 0 Å². The van der Waals surface area contributed by atoms with Gasteiger partial charge in [-0.2, -0.15) is 0 Å². The molecule has 1 heterocycles. The molecule has 178 valence electrons. The van der Waals surface area contributed by atoms with Crippen molar-refractivity contribution in [3.05, 3.63) is 53.6 Å². The van der Waals surface area contributed by atoms with Crippen molar-refractivity contribution in [1.82, 2.24) is 4.90 Å². The molecule has 1 aliphatic carbocycles. The smallest absolute Gasteiger partial charge is 0.173 e. The number of nitrogens with zero attached hydrogens (tertiary/aromatic N) is 2. The van der Waals surface area contributed by atoms with Crippen molar-refractivity contribution in [3.8, 4) is 0 Å². The first-order valence-corrected chi connectivity index (χ1v) is 14.3. The lowest BCUT2D eigenvalue weighted by atomic mass is 9.84. The maximum absolute atomic E-state index is 6.04. The van der Waals surface area contributed by atoms with E-state index in [0.29, 0.717) is 12.0 Å². The Labute approximate surface area is 210 Å². The molecule has 0 saturated heterocycles. The van der Waals surface area contributed by atoms with E-state index in [2.05, 4.69) is 77.7 Å². The summed E-state index contributed by atoms with van der Waals surface area (Å²) in [6.45, 7) is 7.90. The highest BCUT2D eigenvalue weighted by Crippen LogP contribution is 2.32. The summed E-state index contributed by atoms with van der Waals surface area (Å²) in [6.07, 6.45) is 10.9. The number of hydrogen-bond acceptors (Lipinski definition) is 3. The molecule has 2 aromatic carbocycles. The Kier molecular flexibility index (Phi) is 8.59. The molecule has 1 aliphatic heterocycles. The highest BCUT2D eigenvalue weighted by atomic mass is 32.2. The highest BCUT2D eigenvalue weighted by molar-refractivity contribution is 7.98. The lowest BCUT2D eigenvalue weighted by Crippen LogP contribution is -2.46. The minimum Gasteiger partial charge on any atom is -0.371 e. The fourth-order valence-corrected chi connectivity index (χ4v) is 6.30. The molecule has 1 fully saturated rings. The zero-order valence-corrected chi connectivity index (χ0v) is 22.1. The average molecular weight is 482 g/mol. The van der Waals surface area contributed by atoms with E-state index in [-0.39, 0.29) is 0 Å². The van der Waals surface area contributed by atoms with Crippen LogP contribution in [0.1, 0.15) is 63.5 Å². The number of aryl methyl sites for hydroxylation is 1. The molecule has 33 heavy (non-hydrogen) atoms. The van der Waals surface area contributed by atoms with Gasteiger partial charge >= 0.3 is 0 Å². The lowest BCUT2D eigenvalue weighted by Gasteiger charge is -2.40. The average Bonchev–Trinajstić information content (AvgIpc) is 2.83. The molecule has 1 N–H and O–H groups in total. The third-order valence-electron chi connectivity index (χ3n) is 7.25. The second-order valence-corrected chi connectivity index (χ2v) is 10.9. The number of thioether (sulfide) groups is 1. The monoisotopic (exact) mass is 481 g/mol. The van der Waals surface area contributed by atoms with Crippen LogP contribution in [0.4, 0.5) is 11.4 Å². The van der Waals surface area contributed by atoms with Gasteiger partial charge in [-0.25, -0.2) is 0 Å². The van der Waals surface area contributed by atoms with E-state index in [1.165, 1.54) is 73.2 Å². The van der Waals surface area contributed by atoms with Crippen LogP contribution in [0, 0.1) is 5.92 Å². The zero-order valence-electron chi connectivity index (χ0n) is 20.5. The van der Waals surface area contributed by atoms with Gasteiger partial charge in [-0.05, 0) is 91.9 Å². The predicted molar refractivity (Wildman–Crippen MR) is 149 cm³/mol. The molecule has 2 atom stereocenters. The van der Waals surface area contributed by atoms with Crippen LogP contribution in [0.3, 0.4) is 0 Å². The number of rotatable bonds is 7. The molecule has 1 saturated carbocycles. The molecule has 0 spiro atoms. The van der Waals surface area contributed by atoms with Crippen LogP contribution in [0.15, 0.2) is 47.4 Å². The third-order valence-corrected chi connectivity index (χ3v) is 8.32. The van der Waals surface area contributed by atoms with Crippen molar-refractivity contribution in [2.24, 2.45) is 5.92 Å². The molecule has 3 nitrogen and oxygen atoms in total. The van der Waals surface area contributed by atoms with Gasteiger partial charge in [0.1, 0.15) is 0 Å². The molecule has 0 bridgehead atoms. The van der Waals surface area contributed by atoms with Crippen molar-refractivity contribution in [1.29, 1.82) is 0 Å². The maximum atomic E-state index is 6.04. The second kappa shape index (κ2) is 11.6. The van der Waals surface area contributed by atoms with Crippen molar-refractivity contribution >= 4 is 40.5 Å². The minimum atomic E-state index is 0.495. The van der Waals surface area contributed by atoms with Gasteiger partial charge in [-0.15, -0.1) is 11.8 Å². The third kappa shape index (κ3) is 6.05. The SMILES string of the molecule is CCCN1CCCc2cc(CN(C(=S)Nc3cccc(SC)c3)[C@H]3CCCC[C@H]3C)ccc21. The largest absolute Gasteiger partial charge is 0.371 e. The van der Waals surface area contributed by atoms with Gasteiger partial charge in [0.25, 0.3) is 0 Å². The van der Waals surface area contributed by atoms with E-state index in [4.69, 9.17) is 12.2 Å². The zero-order chi connectivity index (χ0) is 23.2. The van der Waals surface area contributed by atoms with Gasteiger partial charge < -0.3 is 15.1 Å². The fourth-order valence-electron chi connectivity index (χ4n) is 5.52. The minimum absolute atomic E-state index is 0.495. The van der Waals surface area contributed by atoms with Crippen molar-refractivity contribution in [2.75, 3.05) is 29.6 Å². The van der Waals surface area contributed by atoms with Crippen LogP contribution in [0.25, 0.3) is 0 Å². The van der Waals surface area contributed by atoms with Crippen LogP contribution in [0.5, 0.6) is 0 Å². The van der Waals surface area contributed by atoms with Crippen molar-refractivity contribution in [3.63, 3.8) is 0 Å². The van der Waals surface area contributed by atoms with Crippen LogP contribution in [0.2, 0.25) is 0 Å². The summed E-state index contributed by atoms with van der Waals surface area (Å²) in [7, 11) is 0. The van der Waals surface area contributed by atoms with E-state index in [0.717, 1.165) is 23.9 Å². The number of nitrogens with one attached hydrogen (secondary N) is 1. The van der Waals surface area contributed by atoms with E-state index >= 15 is 0 Å². The van der Waals surface area contributed by atoms with Gasteiger partial charge in [-0.3, -0.25) is 0 Å². The summed E-state index contributed by atoms with van der Waals surface area (Å²) < 4.78 is 0. The standard InChI is InChI=1S/C28H39N3S2/c1-4-16-30-17-8-10-23-18-22(14-15-27(23)30)20-31(26-13-6-5-9-21(26)2)28(32)29-24-11-7-12-25(19-24)33-3/h7,11-12,14-15,18-19,21,26H,4-6,8-10,13,16-17,20H2,1-3H3,(H,29,32)/t21-,26+/m1/s1. The topological polar surface area (TPSA) is 18.5 Å². The van der Waals surface area contributed by atoms with Crippen LogP contribution >= 0.6 is 24.0 Å². The molecule has 0 aromatic heterocycles. The van der Waals surface area contributed by atoms with Crippen LogP contribution in [-0.4, -0.2) is 35.4 Å². The Morgan fingerprint density at radius 2 is 2.00 bits per heavy atom. The summed E-state index contributed by atoms with van der Waals surface area (Å²) in [5.41, 5.74) is 5.42. The quantitative estimate of drug-likeness (QED) is 0.328. The van der Waals surface area contributed by atoms with Crippen LogP contribution < -0.4 is 10.2 Å². The fraction of sp³-hybridized carbons (Fsp3) is 0.536. The summed E-state index contributed by atoms with van der Waals surface area (Å²) in [4.78, 5) is 6.31. The molecule has 0 amide bonds. The first-order valence-electron chi connectivity index (χ1n) is 12.7.